The van der Waals surface area contributed by atoms with Gasteiger partial charge in [-0.3, -0.25) is 0 Å². The van der Waals surface area contributed by atoms with Gasteiger partial charge < -0.3 is 9.52 Å². The van der Waals surface area contributed by atoms with Gasteiger partial charge in [0, 0.05) is 5.56 Å². The lowest BCUT2D eigenvalue weighted by atomic mass is 10.1. The van der Waals surface area contributed by atoms with Crippen molar-refractivity contribution in [3.05, 3.63) is 42.4 Å². The molecule has 1 aromatic heterocycles. The van der Waals surface area contributed by atoms with E-state index >= 15 is 0 Å². The maximum absolute atomic E-state index is 9.47. The minimum absolute atomic E-state index is 0.318. The average Bonchev–Trinajstić information content (AvgIpc) is 2.62. The topological polar surface area (TPSA) is 33.4 Å². The number of benzene rings is 1. The van der Waals surface area contributed by atoms with Gasteiger partial charge in [-0.05, 0) is 30.2 Å². The van der Waals surface area contributed by atoms with Crippen LogP contribution in [0.25, 0.3) is 11.1 Å². The molecular formula is C11H10O2. The van der Waals surface area contributed by atoms with E-state index in [1.54, 1.807) is 18.6 Å². The van der Waals surface area contributed by atoms with Crippen molar-refractivity contribution < 1.29 is 9.52 Å². The lowest BCUT2D eigenvalue weighted by Crippen LogP contribution is -1.77. The number of phenolic OH excluding ortho intramolecular Hbond substituents is 1. The molecule has 0 aliphatic carbocycles. The van der Waals surface area contributed by atoms with Crippen LogP contribution in [0.2, 0.25) is 0 Å². The number of hydrogen-bond donors (Lipinski definition) is 1. The van der Waals surface area contributed by atoms with Crippen molar-refractivity contribution in [3.8, 4) is 16.9 Å². The first-order valence-electron chi connectivity index (χ1n) is 4.09. The minimum atomic E-state index is 0.318. The second-order valence-electron chi connectivity index (χ2n) is 3.01. The molecule has 13 heavy (non-hydrogen) atoms. The van der Waals surface area contributed by atoms with Gasteiger partial charge in [-0.25, -0.2) is 0 Å². The summed E-state index contributed by atoms with van der Waals surface area (Å²) in [4.78, 5) is 0. The predicted octanol–water partition coefficient (Wildman–Crippen LogP) is 2.96. The van der Waals surface area contributed by atoms with Gasteiger partial charge in [0.25, 0.3) is 0 Å². The summed E-state index contributed by atoms with van der Waals surface area (Å²) >= 11 is 0. The second-order valence-corrected chi connectivity index (χ2v) is 3.01. The Labute approximate surface area is 76.4 Å². The van der Waals surface area contributed by atoms with Gasteiger partial charge in [0.1, 0.15) is 5.75 Å². The standard InChI is InChI=1S/C11H10O2/c1-8-2-3-9(6-11(8)12)10-4-5-13-7-10/h2-7,12H,1H3. The molecule has 0 radical (unpaired) electrons. The largest absolute Gasteiger partial charge is 0.508 e. The van der Waals surface area contributed by atoms with E-state index in [9.17, 15) is 5.11 Å². The molecule has 2 heteroatoms. The highest BCUT2D eigenvalue weighted by Crippen LogP contribution is 2.25. The van der Waals surface area contributed by atoms with Crippen molar-refractivity contribution in [2.24, 2.45) is 0 Å². The molecule has 0 spiro atoms. The van der Waals surface area contributed by atoms with Crippen LogP contribution in [0.1, 0.15) is 5.56 Å². The molecule has 0 aliphatic rings. The Hall–Kier alpha value is -1.70. The third kappa shape index (κ3) is 1.43. The number of rotatable bonds is 1. The molecule has 0 unspecified atom stereocenters. The molecule has 0 saturated heterocycles. The summed E-state index contributed by atoms with van der Waals surface area (Å²) in [6, 6.07) is 7.45. The molecule has 2 rings (SSSR count). The quantitative estimate of drug-likeness (QED) is 0.721. The van der Waals surface area contributed by atoms with Gasteiger partial charge in [0.2, 0.25) is 0 Å². The van der Waals surface area contributed by atoms with Gasteiger partial charge >= 0.3 is 0 Å². The van der Waals surface area contributed by atoms with E-state index in [1.807, 2.05) is 25.1 Å². The Kier molecular flexibility index (Phi) is 1.81. The molecule has 0 aliphatic heterocycles. The molecule has 0 atom stereocenters. The van der Waals surface area contributed by atoms with Crippen molar-refractivity contribution in [2.75, 3.05) is 0 Å². The van der Waals surface area contributed by atoms with Crippen LogP contribution >= 0.6 is 0 Å². The van der Waals surface area contributed by atoms with Crippen LogP contribution in [-0.2, 0) is 0 Å². The molecule has 0 bridgehead atoms. The fourth-order valence-corrected chi connectivity index (χ4v) is 1.22. The summed E-state index contributed by atoms with van der Waals surface area (Å²) in [6.07, 6.45) is 3.27. The fraction of sp³-hybridized carbons (Fsp3) is 0.0909. The first-order valence-corrected chi connectivity index (χ1v) is 4.09. The van der Waals surface area contributed by atoms with Crippen LogP contribution in [0.5, 0.6) is 5.75 Å². The Morgan fingerprint density at radius 1 is 1.15 bits per heavy atom. The van der Waals surface area contributed by atoms with E-state index in [2.05, 4.69) is 0 Å². The number of hydrogen-bond acceptors (Lipinski definition) is 2. The normalized spacial score (nSPS) is 10.2. The third-order valence-corrected chi connectivity index (χ3v) is 2.06. The molecule has 2 nitrogen and oxygen atoms in total. The van der Waals surface area contributed by atoms with Crippen LogP contribution in [-0.4, -0.2) is 5.11 Å². The summed E-state index contributed by atoms with van der Waals surface area (Å²) < 4.78 is 4.96. The first kappa shape index (κ1) is 7.92. The lowest BCUT2D eigenvalue weighted by molar-refractivity contribution is 0.471. The van der Waals surface area contributed by atoms with Crippen molar-refractivity contribution in [1.29, 1.82) is 0 Å². The minimum Gasteiger partial charge on any atom is -0.508 e. The number of aryl methyl sites for hydroxylation is 1. The molecule has 66 valence electrons. The molecule has 0 saturated carbocycles. The van der Waals surface area contributed by atoms with Crippen LogP contribution in [0.4, 0.5) is 0 Å². The van der Waals surface area contributed by atoms with Crippen molar-refractivity contribution in [2.45, 2.75) is 6.92 Å². The molecule has 1 N–H and O–H groups in total. The Bertz CT molecular complexity index is 402. The summed E-state index contributed by atoms with van der Waals surface area (Å²) in [5.41, 5.74) is 2.83. The Morgan fingerprint density at radius 2 is 2.00 bits per heavy atom. The maximum Gasteiger partial charge on any atom is 0.119 e. The van der Waals surface area contributed by atoms with Gasteiger partial charge in [-0.15, -0.1) is 0 Å². The predicted molar refractivity (Wildman–Crippen MR) is 50.5 cm³/mol. The van der Waals surface area contributed by atoms with E-state index in [0.717, 1.165) is 16.7 Å². The lowest BCUT2D eigenvalue weighted by Gasteiger charge is -2.00. The monoisotopic (exact) mass is 174 g/mol. The van der Waals surface area contributed by atoms with Gasteiger partial charge in [-0.2, -0.15) is 0 Å². The zero-order valence-corrected chi connectivity index (χ0v) is 7.32. The van der Waals surface area contributed by atoms with Crippen LogP contribution in [0.15, 0.2) is 41.2 Å². The molecular weight excluding hydrogens is 164 g/mol. The molecule has 1 heterocycles. The molecule has 2 aromatic rings. The summed E-state index contributed by atoms with van der Waals surface area (Å²) in [5, 5.41) is 9.47. The number of furan rings is 1. The number of phenols is 1. The van der Waals surface area contributed by atoms with E-state index in [4.69, 9.17) is 4.42 Å². The average molecular weight is 174 g/mol. The fourth-order valence-electron chi connectivity index (χ4n) is 1.22. The molecule has 0 fully saturated rings. The molecule has 1 aromatic carbocycles. The zero-order chi connectivity index (χ0) is 9.26. The third-order valence-electron chi connectivity index (χ3n) is 2.06. The van der Waals surface area contributed by atoms with Gasteiger partial charge in [0.15, 0.2) is 0 Å². The van der Waals surface area contributed by atoms with Gasteiger partial charge in [0.05, 0.1) is 12.5 Å². The van der Waals surface area contributed by atoms with Crippen LogP contribution in [0.3, 0.4) is 0 Å². The summed E-state index contributed by atoms with van der Waals surface area (Å²) in [6.45, 7) is 1.87. The first-order chi connectivity index (χ1) is 6.27. The zero-order valence-electron chi connectivity index (χ0n) is 7.32. The van der Waals surface area contributed by atoms with Crippen LogP contribution < -0.4 is 0 Å². The van der Waals surface area contributed by atoms with Crippen LogP contribution in [0, 0.1) is 6.92 Å². The Morgan fingerprint density at radius 3 is 2.62 bits per heavy atom. The summed E-state index contributed by atoms with van der Waals surface area (Å²) in [7, 11) is 0. The smallest absolute Gasteiger partial charge is 0.119 e. The highest BCUT2D eigenvalue weighted by Gasteiger charge is 2.01. The van der Waals surface area contributed by atoms with Gasteiger partial charge in [-0.1, -0.05) is 12.1 Å². The Balaban J connectivity index is 2.49. The highest BCUT2D eigenvalue weighted by atomic mass is 16.3. The van der Waals surface area contributed by atoms with Crippen molar-refractivity contribution in [1.82, 2.24) is 0 Å². The highest BCUT2D eigenvalue weighted by molar-refractivity contribution is 5.64. The maximum atomic E-state index is 9.47. The van der Waals surface area contributed by atoms with E-state index in [1.165, 1.54) is 0 Å². The summed E-state index contributed by atoms with van der Waals surface area (Å²) in [5.74, 6) is 0.318. The van der Waals surface area contributed by atoms with Crippen molar-refractivity contribution >= 4 is 0 Å². The second kappa shape index (κ2) is 2.98. The van der Waals surface area contributed by atoms with E-state index in [0.29, 0.717) is 5.75 Å². The van der Waals surface area contributed by atoms with E-state index < -0.39 is 0 Å². The molecule has 0 amide bonds. The van der Waals surface area contributed by atoms with E-state index in [-0.39, 0.29) is 0 Å². The SMILES string of the molecule is Cc1ccc(-c2ccoc2)cc1O. The van der Waals surface area contributed by atoms with Crippen molar-refractivity contribution in [3.63, 3.8) is 0 Å². The number of aromatic hydroxyl groups is 1.